The predicted molar refractivity (Wildman–Crippen MR) is 113 cm³/mol. The van der Waals surface area contributed by atoms with E-state index in [0.717, 1.165) is 24.2 Å². The second kappa shape index (κ2) is 7.20. The van der Waals surface area contributed by atoms with Crippen LogP contribution in [0.4, 0.5) is 5.69 Å². The fourth-order valence-electron chi connectivity index (χ4n) is 4.63. The molecule has 2 atom stereocenters. The van der Waals surface area contributed by atoms with Crippen molar-refractivity contribution in [2.75, 3.05) is 11.1 Å². The minimum absolute atomic E-state index is 0.000490. The highest BCUT2D eigenvalue weighted by Crippen LogP contribution is 2.66. The number of benzene rings is 1. The summed E-state index contributed by atoms with van der Waals surface area (Å²) in [5.41, 5.74) is 3.58. The van der Waals surface area contributed by atoms with E-state index in [1.54, 1.807) is 31.2 Å². The Morgan fingerprint density at radius 3 is 2.59 bits per heavy atom. The lowest BCUT2D eigenvalue weighted by molar-refractivity contribution is -0.115. The number of Topliss-reactive ketones (excluding diaryl/α,β-unsaturated/α-hetero) is 1. The van der Waals surface area contributed by atoms with Crippen LogP contribution in [0.1, 0.15) is 74.6 Å². The first-order chi connectivity index (χ1) is 13.8. The molecule has 2 aliphatic carbocycles. The number of carbonyl (C=O) groups is 2. The molecular weight excluding hydrogens is 384 g/mol. The van der Waals surface area contributed by atoms with Crippen molar-refractivity contribution in [1.82, 2.24) is 15.2 Å². The highest BCUT2D eigenvalue weighted by molar-refractivity contribution is 7.99. The molecule has 1 amide bonds. The molecule has 1 aromatic heterocycles. The molecule has 1 aromatic carbocycles. The highest BCUT2D eigenvalue weighted by Gasteiger charge is 2.61. The van der Waals surface area contributed by atoms with Crippen LogP contribution < -0.4 is 5.32 Å². The summed E-state index contributed by atoms with van der Waals surface area (Å²) in [5, 5.41) is 12.1. The summed E-state index contributed by atoms with van der Waals surface area (Å²) in [6.45, 7) is 8.69. The Bertz CT molecular complexity index is 973. The lowest BCUT2D eigenvalue weighted by Crippen LogP contribution is -2.32. The van der Waals surface area contributed by atoms with Crippen molar-refractivity contribution in [3.05, 3.63) is 41.2 Å². The number of hydrogen-bond acceptors (Lipinski definition) is 6. The highest BCUT2D eigenvalue weighted by atomic mass is 32.2. The van der Waals surface area contributed by atoms with Crippen LogP contribution in [0, 0.1) is 5.41 Å². The summed E-state index contributed by atoms with van der Waals surface area (Å²) >= 11 is 1.33. The van der Waals surface area contributed by atoms with Gasteiger partial charge in [-0.1, -0.05) is 39.5 Å². The number of rotatable bonds is 6. The van der Waals surface area contributed by atoms with Crippen LogP contribution in [0.25, 0.3) is 0 Å². The van der Waals surface area contributed by atoms with E-state index in [1.807, 2.05) is 0 Å². The Kier molecular flexibility index (Phi) is 4.97. The maximum Gasteiger partial charge on any atom is 0.224 e. The molecule has 0 unspecified atom stereocenters. The zero-order chi connectivity index (χ0) is 20.8. The van der Waals surface area contributed by atoms with Crippen LogP contribution in [0.15, 0.2) is 29.4 Å². The smallest absolute Gasteiger partial charge is 0.224 e. The molecule has 29 heavy (non-hydrogen) atoms. The van der Waals surface area contributed by atoms with E-state index in [4.69, 9.17) is 4.98 Å². The van der Waals surface area contributed by atoms with Crippen molar-refractivity contribution in [1.29, 1.82) is 0 Å². The Morgan fingerprint density at radius 1 is 1.17 bits per heavy atom. The van der Waals surface area contributed by atoms with E-state index in [9.17, 15) is 9.59 Å². The minimum atomic E-state index is -0.0496. The van der Waals surface area contributed by atoms with Gasteiger partial charge in [-0.2, -0.15) is 5.10 Å². The zero-order valence-corrected chi connectivity index (χ0v) is 18.1. The molecule has 2 bridgehead atoms. The van der Waals surface area contributed by atoms with Crippen LogP contribution in [-0.2, 0) is 10.2 Å². The van der Waals surface area contributed by atoms with Crippen LogP contribution in [0.2, 0.25) is 0 Å². The van der Waals surface area contributed by atoms with Gasteiger partial charge in [0.15, 0.2) is 5.78 Å². The molecular formula is C22H26N4O2S. The number of aromatic nitrogens is 3. The third kappa shape index (κ3) is 3.25. The standard InChI is InChI=1S/C22H26N4O2S/c1-5-17(28)23-14-8-6-13(7-9-14)16(27)12-29-20-24-19-18(25-26-20)15-10-11-22(19,4)21(15,2)3/h6-9,15H,5,10-12H2,1-4H3,(H,23,28)/t15-,22-/m0/s1. The average molecular weight is 411 g/mol. The first-order valence-electron chi connectivity index (χ1n) is 10.1. The largest absolute Gasteiger partial charge is 0.326 e. The molecule has 6 nitrogen and oxygen atoms in total. The Hall–Kier alpha value is -2.28. The van der Waals surface area contributed by atoms with E-state index >= 15 is 0 Å². The molecule has 1 N–H and O–H groups in total. The van der Waals surface area contributed by atoms with Crippen LogP contribution >= 0.6 is 11.8 Å². The molecule has 0 radical (unpaired) electrons. The average Bonchev–Trinajstić information content (AvgIpc) is 3.05. The number of hydrogen-bond donors (Lipinski definition) is 1. The monoisotopic (exact) mass is 410 g/mol. The number of fused-ring (bicyclic) bond motifs is 5. The summed E-state index contributed by atoms with van der Waals surface area (Å²) in [7, 11) is 0. The topological polar surface area (TPSA) is 84.8 Å². The van der Waals surface area contributed by atoms with Gasteiger partial charge in [-0.3, -0.25) is 9.59 Å². The van der Waals surface area contributed by atoms with Crippen molar-refractivity contribution in [2.24, 2.45) is 5.41 Å². The zero-order valence-electron chi connectivity index (χ0n) is 17.3. The summed E-state index contributed by atoms with van der Waals surface area (Å²) in [6, 6.07) is 6.97. The molecule has 4 rings (SSSR count). The van der Waals surface area contributed by atoms with Gasteiger partial charge in [-0.15, -0.1) is 5.10 Å². The maximum absolute atomic E-state index is 12.6. The Balaban J connectivity index is 1.43. The number of amides is 1. The summed E-state index contributed by atoms with van der Waals surface area (Å²) in [4.78, 5) is 28.8. The first kappa shape index (κ1) is 20.0. The van der Waals surface area contributed by atoms with Crippen LogP contribution in [0.3, 0.4) is 0 Å². The predicted octanol–water partition coefficient (Wildman–Crippen LogP) is 4.37. The number of carbonyl (C=O) groups excluding carboxylic acids is 2. The number of nitrogens with one attached hydrogen (secondary N) is 1. The van der Waals surface area contributed by atoms with E-state index in [0.29, 0.717) is 28.7 Å². The molecule has 1 fully saturated rings. The molecule has 7 heteroatoms. The third-order valence-corrected chi connectivity index (χ3v) is 7.75. The van der Waals surface area contributed by atoms with Gasteiger partial charge in [0.1, 0.15) is 0 Å². The van der Waals surface area contributed by atoms with Gasteiger partial charge in [-0.25, -0.2) is 4.98 Å². The second-order valence-electron chi connectivity index (χ2n) is 8.66. The SMILES string of the molecule is CCC(=O)Nc1ccc(C(=O)CSc2nnc3c(n2)[C@]2(C)CC[C@@H]3C2(C)C)cc1. The summed E-state index contributed by atoms with van der Waals surface area (Å²) < 4.78 is 0. The lowest BCUT2D eigenvalue weighted by atomic mass is 9.70. The molecule has 1 saturated carbocycles. The molecule has 0 aliphatic heterocycles. The third-order valence-electron chi connectivity index (χ3n) is 6.92. The van der Waals surface area contributed by atoms with Crippen molar-refractivity contribution in [3.63, 3.8) is 0 Å². The Labute approximate surface area is 175 Å². The molecule has 152 valence electrons. The van der Waals surface area contributed by atoms with Gasteiger partial charge in [0.25, 0.3) is 0 Å². The van der Waals surface area contributed by atoms with Gasteiger partial charge in [0.05, 0.1) is 17.1 Å². The van der Waals surface area contributed by atoms with E-state index in [-0.39, 0.29) is 28.3 Å². The Morgan fingerprint density at radius 2 is 1.90 bits per heavy atom. The van der Waals surface area contributed by atoms with Crippen molar-refractivity contribution in [2.45, 2.75) is 63.4 Å². The summed E-state index contributed by atoms with van der Waals surface area (Å²) in [6.07, 6.45) is 2.69. The minimum Gasteiger partial charge on any atom is -0.326 e. The molecule has 2 aromatic rings. The second-order valence-corrected chi connectivity index (χ2v) is 9.61. The van der Waals surface area contributed by atoms with Gasteiger partial charge in [0.2, 0.25) is 11.1 Å². The number of ketones is 1. The maximum atomic E-state index is 12.6. The van der Waals surface area contributed by atoms with Crippen LogP contribution in [0.5, 0.6) is 0 Å². The normalized spacial score (nSPS) is 23.7. The number of nitrogens with zero attached hydrogens (tertiary/aromatic N) is 3. The molecule has 0 saturated heterocycles. The summed E-state index contributed by atoms with van der Waals surface area (Å²) in [5.74, 6) is 0.631. The molecule has 1 heterocycles. The quantitative estimate of drug-likeness (QED) is 0.562. The van der Waals surface area contributed by atoms with Gasteiger partial charge < -0.3 is 5.32 Å². The van der Waals surface area contributed by atoms with Crippen LogP contribution in [-0.4, -0.2) is 32.6 Å². The van der Waals surface area contributed by atoms with E-state index in [2.05, 4.69) is 36.3 Å². The molecule has 0 spiro atoms. The number of anilines is 1. The molecule has 2 aliphatic rings. The number of thioether (sulfide) groups is 1. The lowest BCUT2D eigenvalue weighted by Gasteiger charge is -2.33. The fourth-order valence-corrected chi connectivity index (χ4v) is 5.31. The van der Waals surface area contributed by atoms with E-state index in [1.165, 1.54) is 11.8 Å². The first-order valence-corrected chi connectivity index (χ1v) is 11.1. The van der Waals surface area contributed by atoms with E-state index < -0.39 is 0 Å². The van der Waals surface area contributed by atoms with Gasteiger partial charge in [-0.05, 0) is 42.5 Å². The van der Waals surface area contributed by atoms with Gasteiger partial charge in [0, 0.05) is 29.0 Å². The van der Waals surface area contributed by atoms with Gasteiger partial charge >= 0.3 is 0 Å². The van der Waals surface area contributed by atoms with Crippen molar-refractivity contribution < 1.29 is 9.59 Å². The van der Waals surface area contributed by atoms with Crippen molar-refractivity contribution >= 4 is 29.1 Å². The fraction of sp³-hybridized carbons (Fsp3) is 0.500. The van der Waals surface area contributed by atoms with Crippen molar-refractivity contribution in [3.8, 4) is 0 Å².